The number of hydrogen-bond acceptors (Lipinski definition) is 0. The minimum absolute atomic E-state index is 0.349. The summed E-state index contributed by atoms with van der Waals surface area (Å²) >= 11 is 5.92. The van der Waals surface area contributed by atoms with Crippen LogP contribution >= 0.6 is 11.6 Å². The van der Waals surface area contributed by atoms with E-state index in [4.69, 9.17) is 11.6 Å². The molecule has 0 aromatic carbocycles. The number of halogens is 1. The molecule has 0 aromatic heterocycles. The van der Waals surface area contributed by atoms with E-state index in [1.54, 1.807) is 0 Å². The number of alkyl halides is 1. The van der Waals surface area contributed by atoms with Gasteiger partial charge in [0.05, 0.1) is 0 Å². The second-order valence-electron chi connectivity index (χ2n) is 6.23. The summed E-state index contributed by atoms with van der Waals surface area (Å²) in [5.74, 6) is 0.796. The monoisotopic (exact) mass is 260 g/mol. The topological polar surface area (TPSA) is 0 Å². The number of unbranched alkanes of at least 4 members (excludes halogenated alkanes) is 9. The molecule has 0 rings (SSSR count). The van der Waals surface area contributed by atoms with Crippen LogP contribution in [0.15, 0.2) is 0 Å². The molecule has 0 nitrogen and oxygen atoms in total. The van der Waals surface area contributed by atoms with Gasteiger partial charge in [-0.2, -0.15) is 0 Å². The van der Waals surface area contributed by atoms with Crippen LogP contribution < -0.4 is 0 Å². The Labute approximate surface area is 115 Å². The first-order valence-electron chi connectivity index (χ1n) is 7.68. The van der Waals surface area contributed by atoms with Gasteiger partial charge < -0.3 is 0 Å². The highest BCUT2D eigenvalue weighted by Crippen LogP contribution is 2.25. The van der Waals surface area contributed by atoms with Crippen LogP contribution in [-0.2, 0) is 0 Å². The fraction of sp³-hybridized carbons (Fsp3) is 1.00. The molecule has 0 saturated heterocycles. The average Bonchev–Trinajstić information content (AvgIpc) is 2.31. The Morgan fingerprint density at radius 1 is 0.706 bits per heavy atom. The van der Waals surface area contributed by atoms with Crippen molar-refractivity contribution in [2.75, 3.05) is 5.88 Å². The molecule has 0 spiro atoms. The molecule has 0 aliphatic rings. The van der Waals surface area contributed by atoms with Crippen LogP contribution in [0.2, 0.25) is 0 Å². The van der Waals surface area contributed by atoms with E-state index < -0.39 is 0 Å². The maximum absolute atomic E-state index is 5.92. The second-order valence-corrected chi connectivity index (χ2v) is 6.50. The maximum atomic E-state index is 5.92. The first-order chi connectivity index (χ1) is 8.12. The highest BCUT2D eigenvalue weighted by Gasteiger charge is 2.14. The molecule has 0 aliphatic carbocycles. The lowest BCUT2D eigenvalue weighted by atomic mass is 9.89. The minimum Gasteiger partial charge on any atom is -0.126 e. The van der Waals surface area contributed by atoms with Crippen molar-refractivity contribution >= 4 is 11.6 Å². The molecule has 0 fully saturated rings. The van der Waals surface area contributed by atoms with Crippen molar-refractivity contribution in [3.8, 4) is 0 Å². The molecule has 17 heavy (non-hydrogen) atoms. The Hall–Kier alpha value is 0.290. The Balaban J connectivity index is 3.09. The SMILES string of the molecule is CCCCCCCCCCCCC(C)(C)CCl. The molecule has 0 atom stereocenters. The molecular weight excluding hydrogens is 228 g/mol. The van der Waals surface area contributed by atoms with Crippen molar-refractivity contribution in [2.24, 2.45) is 5.41 Å². The Morgan fingerprint density at radius 2 is 1.12 bits per heavy atom. The van der Waals surface area contributed by atoms with E-state index in [1.165, 1.54) is 70.6 Å². The lowest BCUT2D eigenvalue weighted by Crippen LogP contribution is -2.12. The van der Waals surface area contributed by atoms with E-state index in [0.29, 0.717) is 5.41 Å². The summed E-state index contributed by atoms with van der Waals surface area (Å²) in [6.07, 6.45) is 15.5. The van der Waals surface area contributed by atoms with Gasteiger partial charge in [-0.05, 0) is 11.8 Å². The van der Waals surface area contributed by atoms with Crippen molar-refractivity contribution in [1.82, 2.24) is 0 Å². The van der Waals surface area contributed by atoms with Crippen LogP contribution in [0, 0.1) is 5.41 Å². The molecule has 1 heteroatoms. The van der Waals surface area contributed by atoms with Crippen molar-refractivity contribution in [2.45, 2.75) is 91.4 Å². The van der Waals surface area contributed by atoms with E-state index >= 15 is 0 Å². The summed E-state index contributed by atoms with van der Waals surface area (Å²) in [5, 5.41) is 0. The van der Waals surface area contributed by atoms with Gasteiger partial charge in [0, 0.05) is 5.88 Å². The van der Waals surface area contributed by atoms with Gasteiger partial charge >= 0.3 is 0 Å². The van der Waals surface area contributed by atoms with Crippen molar-refractivity contribution in [3.63, 3.8) is 0 Å². The van der Waals surface area contributed by atoms with E-state index in [1.807, 2.05) is 0 Å². The first kappa shape index (κ1) is 17.3. The Morgan fingerprint density at radius 3 is 1.53 bits per heavy atom. The third kappa shape index (κ3) is 12.5. The van der Waals surface area contributed by atoms with Gasteiger partial charge in [-0.25, -0.2) is 0 Å². The molecule has 0 aromatic rings. The lowest BCUT2D eigenvalue weighted by molar-refractivity contribution is 0.362. The fourth-order valence-electron chi connectivity index (χ4n) is 2.16. The summed E-state index contributed by atoms with van der Waals surface area (Å²) in [6.45, 7) is 6.82. The standard InChI is InChI=1S/C16H33Cl/c1-4-5-6-7-8-9-10-11-12-13-14-16(2,3)15-17/h4-15H2,1-3H3. The van der Waals surface area contributed by atoms with Gasteiger partial charge in [-0.1, -0.05) is 85.0 Å². The predicted molar refractivity (Wildman–Crippen MR) is 81.0 cm³/mol. The van der Waals surface area contributed by atoms with Crippen LogP contribution in [0.3, 0.4) is 0 Å². The summed E-state index contributed by atoms with van der Waals surface area (Å²) in [4.78, 5) is 0. The zero-order valence-electron chi connectivity index (χ0n) is 12.4. The minimum atomic E-state index is 0.349. The van der Waals surface area contributed by atoms with Gasteiger partial charge in [0.1, 0.15) is 0 Å². The van der Waals surface area contributed by atoms with Crippen LogP contribution in [0.4, 0.5) is 0 Å². The van der Waals surface area contributed by atoms with Crippen LogP contribution in [-0.4, -0.2) is 5.88 Å². The van der Waals surface area contributed by atoms with Crippen molar-refractivity contribution in [1.29, 1.82) is 0 Å². The summed E-state index contributed by atoms with van der Waals surface area (Å²) in [5.41, 5.74) is 0.349. The summed E-state index contributed by atoms with van der Waals surface area (Å²) < 4.78 is 0. The molecule has 104 valence electrons. The normalized spacial score (nSPS) is 12.0. The third-order valence-electron chi connectivity index (χ3n) is 3.57. The van der Waals surface area contributed by atoms with Crippen molar-refractivity contribution in [3.05, 3.63) is 0 Å². The molecule has 0 amide bonds. The quantitative estimate of drug-likeness (QED) is 0.275. The zero-order chi connectivity index (χ0) is 13.0. The van der Waals surface area contributed by atoms with E-state index in [-0.39, 0.29) is 0 Å². The lowest BCUT2D eigenvalue weighted by Gasteiger charge is -2.20. The smallest absolute Gasteiger partial charge is 0.0274 e. The summed E-state index contributed by atoms with van der Waals surface area (Å²) in [7, 11) is 0. The second kappa shape index (κ2) is 11.4. The van der Waals surface area contributed by atoms with Gasteiger partial charge in [0.25, 0.3) is 0 Å². The molecule has 0 N–H and O–H groups in total. The highest BCUT2D eigenvalue weighted by atomic mass is 35.5. The summed E-state index contributed by atoms with van der Waals surface area (Å²) in [6, 6.07) is 0. The van der Waals surface area contributed by atoms with Crippen LogP contribution in [0.1, 0.15) is 91.4 Å². The molecule has 0 radical (unpaired) electrons. The largest absolute Gasteiger partial charge is 0.126 e. The maximum Gasteiger partial charge on any atom is 0.0274 e. The van der Waals surface area contributed by atoms with Crippen LogP contribution in [0.5, 0.6) is 0 Å². The van der Waals surface area contributed by atoms with Gasteiger partial charge in [-0.3, -0.25) is 0 Å². The van der Waals surface area contributed by atoms with Crippen LogP contribution in [0.25, 0.3) is 0 Å². The predicted octanol–water partition coefficient (Wildman–Crippen LogP) is 6.56. The van der Waals surface area contributed by atoms with E-state index in [9.17, 15) is 0 Å². The first-order valence-corrected chi connectivity index (χ1v) is 8.22. The van der Waals surface area contributed by atoms with Gasteiger partial charge in [0.15, 0.2) is 0 Å². The molecule has 0 bridgehead atoms. The molecule has 0 unspecified atom stereocenters. The molecule has 0 heterocycles. The third-order valence-corrected chi connectivity index (χ3v) is 4.29. The van der Waals surface area contributed by atoms with Gasteiger partial charge in [0.2, 0.25) is 0 Å². The van der Waals surface area contributed by atoms with Gasteiger partial charge in [-0.15, -0.1) is 11.6 Å². The molecular formula is C16H33Cl. The number of hydrogen-bond donors (Lipinski definition) is 0. The van der Waals surface area contributed by atoms with E-state index in [0.717, 1.165) is 5.88 Å². The fourth-order valence-corrected chi connectivity index (χ4v) is 2.29. The molecule has 0 aliphatic heterocycles. The van der Waals surface area contributed by atoms with E-state index in [2.05, 4.69) is 20.8 Å². The zero-order valence-corrected chi connectivity index (χ0v) is 13.1. The highest BCUT2D eigenvalue weighted by molar-refractivity contribution is 6.18. The Bertz CT molecular complexity index is 152. The molecule has 0 saturated carbocycles. The number of rotatable bonds is 12. The average molecular weight is 261 g/mol. The van der Waals surface area contributed by atoms with Crippen molar-refractivity contribution < 1.29 is 0 Å². The Kier molecular flexibility index (Phi) is 11.6.